The lowest BCUT2D eigenvalue weighted by atomic mass is 9.67. The van der Waals surface area contributed by atoms with Crippen LogP contribution in [0.15, 0.2) is 12.1 Å². The van der Waals surface area contributed by atoms with Gasteiger partial charge in [0.2, 0.25) is 0 Å². The van der Waals surface area contributed by atoms with Crippen molar-refractivity contribution in [3.8, 4) is 5.75 Å². The zero-order chi connectivity index (χ0) is 14.8. The predicted molar refractivity (Wildman–Crippen MR) is 85.9 cm³/mol. The smallest absolute Gasteiger partial charge is 0.124 e. The zero-order valence-corrected chi connectivity index (χ0v) is 13.6. The summed E-state index contributed by atoms with van der Waals surface area (Å²) in [6.45, 7) is 5.11. The fourth-order valence-electron chi connectivity index (χ4n) is 3.61. The van der Waals surface area contributed by atoms with E-state index in [2.05, 4.69) is 19.9 Å². The van der Waals surface area contributed by atoms with Crippen LogP contribution in [-0.4, -0.2) is 13.7 Å². The summed E-state index contributed by atoms with van der Waals surface area (Å²) in [6, 6.07) is 4.05. The Morgan fingerprint density at radius 3 is 2.40 bits per heavy atom. The Labute approximate surface area is 127 Å². The topological polar surface area (TPSA) is 35.2 Å². The molecule has 0 radical (unpaired) electrons. The summed E-state index contributed by atoms with van der Waals surface area (Å²) in [6.07, 6.45) is 6.14. The fourth-order valence-corrected chi connectivity index (χ4v) is 3.82. The highest BCUT2D eigenvalue weighted by molar-refractivity contribution is 6.30. The first-order valence-electron chi connectivity index (χ1n) is 7.62. The quantitative estimate of drug-likeness (QED) is 0.879. The lowest BCUT2D eigenvalue weighted by Gasteiger charge is -2.39. The van der Waals surface area contributed by atoms with Gasteiger partial charge in [-0.3, -0.25) is 0 Å². The molecule has 0 atom stereocenters. The van der Waals surface area contributed by atoms with Crippen LogP contribution in [0.2, 0.25) is 5.02 Å². The number of benzene rings is 1. The number of nitrogens with two attached hydrogens (primary N) is 1. The van der Waals surface area contributed by atoms with E-state index < -0.39 is 0 Å². The zero-order valence-electron chi connectivity index (χ0n) is 12.8. The molecule has 20 heavy (non-hydrogen) atoms. The number of ether oxygens (including phenoxy) is 1. The molecule has 0 aliphatic heterocycles. The van der Waals surface area contributed by atoms with E-state index in [4.69, 9.17) is 22.1 Å². The summed E-state index contributed by atoms with van der Waals surface area (Å²) < 4.78 is 5.58. The third-order valence-electron chi connectivity index (χ3n) is 4.68. The van der Waals surface area contributed by atoms with Crippen molar-refractivity contribution in [3.05, 3.63) is 28.3 Å². The highest BCUT2D eigenvalue weighted by Crippen LogP contribution is 2.45. The van der Waals surface area contributed by atoms with Gasteiger partial charge in [-0.05, 0) is 36.5 Å². The van der Waals surface area contributed by atoms with Gasteiger partial charge in [0.05, 0.1) is 7.11 Å². The highest BCUT2D eigenvalue weighted by Gasteiger charge is 2.36. The number of methoxy groups -OCH3 is 1. The molecule has 1 fully saturated rings. The first kappa shape index (κ1) is 15.7. The minimum Gasteiger partial charge on any atom is -0.496 e. The van der Waals surface area contributed by atoms with Crippen LogP contribution < -0.4 is 10.5 Å². The van der Waals surface area contributed by atoms with Crippen molar-refractivity contribution in [1.82, 2.24) is 0 Å². The summed E-state index contributed by atoms with van der Waals surface area (Å²) >= 11 is 6.32. The Morgan fingerprint density at radius 2 is 1.90 bits per heavy atom. The maximum atomic E-state index is 6.32. The molecule has 1 aliphatic rings. The molecule has 0 heterocycles. The SMILES string of the molecule is COc1cc(Cl)cc(C2(CN)CCCCC2)c1C(C)C. The summed E-state index contributed by atoms with van der Waals surface area (Å²) in [5.41, 5.74) is 8.88. The van der Waals surface area contributed by atoms with Crippen LogP contribution in [0.3, 0.4) is 0 Å². The summed E-state index contributed by atoms with van der Waals surface area (Å²) in [5.74, 6) is 1.31. The van der Waals surface area contributed by atoms with Crippen LogP contribution in [0.5, 0.6) is 5.75 Å². The molecule has 1 aromatic rings. The van der Waals surface area contributed by atoms with E-state index in [9.17, 15) is 0 Å². The molecule has 1 aromatic carbocycles. The van der Waals surface area contributed by atoms with E-state index in [0.29, 0.717) is 12.5 Å². The van der Waals surface area contributed by atoms with Crippen molar-refractivity contribution in [1.29, 1.82) is 0 Å². The second-order valence-corrected chi connectivity index (χ2v) is 6.71. The summed E-state index contributed by atoms with van der Waals surface area (Å²) in [5, 5.41) is 0.750. The van der Waals surface area contributed by atoms with Gasteiger partial charge < -0.3 is 10.5 Å². The van der Waals surface area contributed by atoms with Gasteiger partial charge in [-0.25, -0.2) is 0 Å². The van der Waals surface area contributed by atoms with Gasteiger partial charge >= 0.3 is 0 Å². The third kappa shape index (κ3) is 2.82. The van der Waals surface area contributed by atoms with Crippen LogP contribution >= 0.6 is 11.6 Å². The first-order valence-corrected chi connectivity index (χ1v) is 8.00. The Morgan fingerprint density at radius 1 is 1.25 bits per heavy atom. The van der Waals surface area contributed by atoms with Gasteiger partial charge in [-0.1, -0.05) is 44.7 Å². The molecule has 1 aliphatic carbocycles. The number of hydrogen-bond acceptors (Lipinski definition) is 2. The van der Waals surface area contributed by atoms with Gasteiger partial charge in [-0.2, -0.15) is 0 Å². The number of rotatable bonds is 4. The molecule has 112 valence electrons. The van der Waals surface area contributed by atoms with Crippen molar-refractivity contribution in [2.45, 2.75) is 57.3 Å². The molecule has 2 rings (SSSR count). The fraction of sp³-hybridized carbons (Fsp3) is 0.647. The molecule has 2 nitrogen and oxygen atoms in total. The Hall–Kier alpha value is -0.730. The van der Waals surface area contributed by atoms with Gasteiger partial charge in [-0.15, -0.1) is 0 Å². The van der Waals surface area contributed by atoms with Crippen LogP contribution in [0.25, 0.3) is 0 Å². The second-order valence-electron chi connectivity index (χ2n) is 6.27. The predicted octanol–water partition coefficient (Wildman–Crippen LogP) is 4.63. The molecule has 0 unspecified atom stereocenters. The van der Waals surface area contributed by atoms with E-state index >= 15 is 0 Å². The number of hydrogen-bond donors (Lipinski definition) is 1. The van der Waals surface area contributed by atoms with Crippen LogP contribution in [0.4, 0.5) is 0 Å². The molecule has 3 heteroatoms. The maximum Gasteiger partial charge on any atom is 0.124 e. The lowest BCUT2D eigenvalue weighted by molar-refractivity contribution is 0.296. The minimum atomic E-state index is 0.0794. The molecule has 2 N–H and O–H groups in total. The lowest BCUT2D eigenvalue weighted by Crippen LogP contribution is -2.38. The van der Waals surface area contributed by atoms with Crippen LogP contribution in [-0.2, 0) is 5.41 Å². The maximum absolute atomic E-state index is 6.32. The molecule has 0 spiro atoms. The van der Waals surface area contributed by atoms with Gasteiger partial charge in [0, 0.05) is 22.5 Å². The Bertz CT molecular complexity index is 464. The van der Waals surface area contributed by atoms with E-state index in [1.807, 2.05) is 6.07 Å². The van der Waals surface area contributed by atoms with Crippen molar-refractivity contribution in [3.63, 3.8) is 0 Å². The Kier molecular flexibility index (Phi) is 4.98. The first-order chi connectivity index (χ1) is 9.54. The van der Waals surface area contributed by atoms with Crippen molar-refractivity contribution < 1.29 is 4.74 Å². The summed E-state index contributed by atoms with van der Waals surface area (Å²) in [7, 11) is 1.72. The average molecular weight is 296 g/mol. The third-order valence-corrected chi connectivity index (χ3v) is 4.90. The monoisotopic (exact) mass is 295 g/mol. The molecule has 1 saturated carbocycles. The second kappa shape index (κ2) is 6.36. The van der Waals surface area contributed by atoms with Gasteiger partial charge in [0.25, 0.3) is 0 Å². The van der Waals surface area contributed by atoms with Crippen molar-refractivity contribution in [2.24, 2.45) is 5.73 Å². The molecular weight excluding hydrogens is 270 g/mol. The standard InChI is InChI=1S/C17H26ClNO/c1-12(2)16-14(9-13(18)10-15(16)20-3)17(11-19)7-5-4-6-8-17/h9-10,12H,4-8,11,19H2,1-3H3. The van der Waals surface area contributed by atoms with Gasteiger partial charge in [0.15, 0.2) is 0 Å². The minimum absolute atomic E-state index is 0.0794. The normalized spacial score (nSPS) is 18.3. The number of halogens is 1. The Balaban J connectivity index is 2.61. The highest BCUT2D eigenvalue weighted by atomic mass is 35.5. The molecule has 0 bridgehead atoms. The van der Waals surface area contributed by atoms with Crippen LogP contribution in [0, 0.1) is 0 Å². The van der Waals surface area contributed by atoms with Crippen LogP contribution in [0.1, 0.15) is 63.0 Å². The molecule has 0 aromatic heterocycles. The van der Waals surface area contributed by atoms with E-state index in [0.717, 1.165) is 23.6 Å². The van der Waals surface area contributed by atoms with Crippen molar-refractivity contribution >= 4 is 11.6 Å². The molecular formula is C17H26ClNO. The van der Waals surface area contributed by atoms with E-state index in [1.165, 1.54) is 30.4 Å². The van der Waals surface area contributed by atoms with E-state index in [-0.39, 0.29) is 5.41 Å². The van der Waals surface area contributed by atoms with E-state index in [1.54, 1.807) is 7.11 Å². The van der Waals surface area contributed by atoms with Gasteiger partial charge in [0.1, 0.15) is 5.75 Å². The average Bonchev–Trinajstić information content (AvgIpc) is 2.46. The van der Waals surface area contributed by atoms with Crippen molar-refractivity contribution in [2.75, 3.05) is 13.7 Å². The largest absolute Gasteiger partial charge is 0.496 e. The summed E-state index contributed by atoms with van der Waals surface area (Å²) in [4.78, 5) is 0. The molecule has 0 amide bonds. The molecule has 0 saturated heterocycles.